The van der Waals surface area contributed by atoms with Gasteiger partial charge in [0.15, 0.2) is 12.6 Å². The van der Waals surface area contributed by atoms with Gasteiger partial charge in [-0.05, 0) is 13.0 Å². The molecule has 3 rings (SSSR count). The molecule has 1 aliphatic heterocycles. The summed E-state index contributed by atoms with van der Waals surface area (Å²) >= 11 is 0. The van der Waals surface area contributed by atoms with Gasteiger partial charge in [0.2, 0.25) is 5.79 Å². The van der Waals surface area contributed by atoms with E-state index in [0.717, 1.165) is 5.57 Å². The van der Waals surface area contributed by atoms with E-state index in [2.05, 4.69) is 6.58 Å². The van der Waals surface area contributed by atoms with E-state index < -0.39 is 5.79 Å². The second kappa shape index (κ2) is 5.83. The normalized spacial score (nSPS) is 22.6. The van der Waals surface area contributed by atoms with Crippen LogP contribution in [0, 0.1) is 5.92 Å². The zero-order valence-corrected chi connectivity index (χ0v) is 12.9. The fourth-order valence-corrected chi connectivity index (χ4v) is 3.24. The summed E-state index contributed by atoms with van der Waals surface area (Å²) in [7, 11) is 1.55. The number of carbonyl (C=O) groups is 1. The van der Waals surface area contributed by atoms with Gasteiger partial charge >= 0.3 is 0 Å². The molecular weight excluding hydrogens is 284 g/mol. The summed E-state index contributed by atoms with van der Waals surface area (Å²) in [6, 6.07) is 5.39. The summed E-state index contributed by atoms with van der Waals surface area (Å²) in [5, 5.41) is 0. The Morgan fingerprint density at radius 2 is 2.14 bits per heavy atom. The first kappa shape index (κ1) is 15.2. The zero-order chi connectivity index (χ0) is 15.7. The molecule has 2 aliphatic rings. The fraction of sp³-hybridized carbons (Fsp3) is 0.471. The summed E-state index contributed by atoms with van der Waals surface area (Å²) in [6.45, 7) is 6.98. The number of hydrogen-bond donors (Lipinski definition) is 0. The third-order valence-electron chi connectivity index (χ3n) is 4.17. The lowest BCUT2D eigenvalue weighted by Gasteiger charge is -2.41. The molecule has 0 bridgehead atoms. The Kier molecular flexibility index (Phi) is 4.04. The lowest BCUT2D eigenvalue weighted by Crippen LogP contribution is -2.43. The van der Waals surface area contributed by atoms with Crippen molar-refractivity contribution in [2.45, 2.75) is 19.1 Å². The number of ketones is 1. The van der Waals surface area contributed by atoms with Gasteiger partial charge in [-0.1, -0.05) is 24.3 Å². The van der Waals surface area contributed by atoms with Crippen molar-refractivity contribution in [2.75, 3.05) is 27.1 Å². The highest BCUT2D eigenvalue weighted by molar-refractivity contribution is 6.00. The molecule has 0 radical (unpaired) electrons. The second-order valence-corrected chi connectivity index (χ2v) is 5.62. The lowest BCUT2D eigenvalue weighted by atomic mass is 9.74. The van der Waals surface area contributed by atoms with Crippen LogP contribution in [-0.2, 0) is 20.0 Å². The standard InChI is InChI=1S/C17H20O5/c1-11(2)13-9-14(18)12-5-4-6-15(20-10-19-3)16(12)17(13)21-7-8-22-17/h4-6,13H,1,7-10H2,2-3H3. The number of methoxy groups -OCH3 is 1. The molecule has 1 heterocycles. The van der Waals surface area contributed by atoms with E-state index in [1.165, 1.54) is 0 Å². The first-order chi connectivity index (χ1) is 10.6. The quantitative estimate of drug-likeness (QED) is 0.632. The highest BCUT2D eigenvalue weighted by Gasteiger charge is 2.53. The van der Waals surface area contributed by atoms with Gasteiger partial charge in [0.1, 0.15) is 5.75 Å². The third kappa shape index (κ3) is 2.26. The maximum Gasteiger partial charge on any atom is 0.206 e. The van der Waals surface area contributed by atoms with Crippen molar-refractivity contribution in [2.24, 2.45) is 5.92 Å². The van der Waals surface area contributed by atoms with Crippen LogP contribution in [0.2, 0.25) is 0 Å². The molecule has 1 aliphatic carbocycles. The van der Waals surface area contributed by atoms with Gasteiger partial charge in [0.25, 0.3) is 0 Å². The van der Waals surface area contributed by atoms with Crippen molar-refractivity contribution >= 4 is 5.78 Å². The number of Topliss-reactive ketones (excluding diaryl/α,β-unsaturated/α-hetero) is 1. The molecule has 0 aromatic heterocycles. The smallest absolute Gasteiger partial charge is 0.206 e. The first-order valence-corrected chi connectivity index (χ1v) is 7.32. The monoisotopic (exact) mass is 304 g/mol. The van der Waals surface area contributed by atoms with E-state index in [-0.39, 0.29) is 18.5 Å². The van der Waals surface area contributed by atoms with Crippen LogP contribution in [-0.4, -0.2) is 32.9 Å². The fourth-order valence-electron chi connectivity index (χ4n) is 3.24. The number of carbonyl (C=O) groups excluding carboxylic acids is 1. The average Bonchev–Trinajstić information content (AvgIpc) is 2.98. The van der Waals surface area contributed by atoms with E-state index in [0.29, 0.717) is 36.5 Å². The Morgan fingerprint density at radius 3 is 2.77 bits per heavy atom. The molecule has 1 saturated heterocycles. The zero-order valence-electron chi connectivity index (χ0n) is 12.9. The van der Waals surface area contributed by atoms with Gasteiger partial charge in [0, 0.05) is 25.0 Å². The SMILES string of the molecule is C=C(C)C1CC(=O)c2cccc(OCOC)c2C12OCCO2. The molecule has 118 valence electrons. The Labute approximate surface area is 129 Å². The predicted octanol–water partition coefficient (Wildman–Crippen LogP) is 2.65. The topological polar surface area (TPSA) is 54.0 Å². The Morgan fingerprint density at radius 1 is 1.41 bits per heavy atom. The Bertz CT molecular complexity index is 601. The molecule has 1 aromatic carbocycles. The van der Waals surface area contributed by atoms with Gasteiger partial charge in [-0.2, -0.15) is 0 Å². The molecule has 5 nitrogen and oxygen atoms in total. The molecular formula is C17H20O5. The number of ether oxygens (including phenoxy) is 4. The minimum absolute atomic E-state index is 0.0515. The highest BCUT2D eigenvalue weighted by Crippen LogP contribution is 2.51. The van der Waals surface area contributed by atoms with Gasteiger partial charge < -0.3 is 18.9 Å². The first-order valence-electron chi connectivity index (χ1n) is 7.32. The molecule has 5 heteroatoms. The molecule has 1 fully saturated rings. The van der Waals surface area contributed by atoms with Crippen molar-refractivity contribution in [3.63, 3.8) is 0 Å². The Hall–Kier alpha value is -1.69. The molecule has 0 amide bonds. The minimum atomic E-state index is -0.987. The van der Waals surface area contributed by atoms with Crippen molar-refractivity contribution in [3.05, 3.63) is 41.5 Å². The summed E-state index contributed by atoms with van der Waals surface area (Å²) < 4.78 is 22.6. The molecule has 0 N–H and O–H groups in total. The molecule has 1 spiro atoms. The summed E-state index contributed by atoms with van der Waals surface area (Å²) in [5.41, 5.74) is 2.12. The molecule has 1 aromatic rings. The van der Waals surface area contributed by atoms with Crippen molar-refractivity contribution in [3.8, 4) is 5.75 Å². The van der Waals surface area contributed by atoms with E-state index in [1.54, 1.807) is 25.3 Å². The van der Waals surface area contributed by atoms with Crippen LogP contribution in [0.25, 0.3) is 0 Å². The van der Waals surface area contributed by atoms with Crippen LogP contribution in [0.5, 0.6) is 5.75 Å². The van der Waals surface area contributed by atoms with Crippen LogP contribution in [0.3, 0.4) is 0 Å². The van der Waals surface area contributed by atoms with Gasteiger partial charge in [-0.15, -0.1) is 0 Å². The number of hydrogen-bond acceptors (Lipinski definition) is 5. The lowest BCUT2D eigenvalue weighted by molar-refractivity contribution is -0.199. The highest BCUT2D eigenvalue weighted by atomic mass is 16.7. The maximum atomic E-state index is 12.5. The van der Waals surface area contributed by atoms with Crippen LogP contribution >= 0.6 is 0 Å². The minimum Gasteiger partial charge on any atom is -0.467 e. The molecule has 22 heavy (non-hydrogen) atoms. The summed E-state index contributed by atoms with van der Waals surface area (Å²) in [5.74, 6) is -0.599. The van der Waals surface area contributed by atoms with E-state index in [4.69, 9.17) is 18.9 Å². The third-order valence-corrected chi connectivity index (χ3v) is 4.17. The van der Waals surface area contributed by atoms with E-state index in [9.17, 15) is 4.79 Å². The molecule has 0 saturated carbocycles. The maximum absolute atomic E-state index is 12.5. The molecule has 1 atom stereocenters. The largest absolute Gasteiger partial charge is 0.467 e. The van der Waals surface area contributed by atoms with Crippen LogP contribution in [0.1, 0.15) is 29.3 Å². The molecule has 1 unspecified atom stereocenters. The van der Waals surface area contributed by atoms with E-state index in [1.807, 2.05) is 6.92 Å². The average molecular weight is 304 g/mol. The number of rotatable bonds is 4. The van der Waals surface area contributed by atoms with Crippen LogP contribution in [0.4, 0.5) is 0 Å². The predicted molar refractivity (Wildman–Crippen MR) is 79.8 cm³/mol. The van der Waals surface area contributed by atoms with E-state index >= 15 is 0 Å². The van der Waals surface area contributed by atoms with Gasteiger partial charge in [-0.3, -0.25) is 4.79 Å². The Balaban J connectivity index is 2.17. The van der Waals surface area contributed by atoms with Crippen molar-refractivity contribution in [1.29, 1.82) is 0 Å². The number of fused-ring (bicyclic) bond motifs is 2. The van der Waals surface area contributed by atoms with Crippen molar-refractivity contribution < 1.29 is 23.7 Å². The van der Waals surface area contributed by atoms with Crippen LogP contribution in [0.15, 0.2) is 30.4 Å². The summed E-state index contributed by atoms with van der Waals surface area (Å²) in [4.78, 5) is 12.5. The van der Waals surface area contributed by atoms with Gasteiger partial charge in [0.05, 0.1) is 18.8 Å². The summed E-state index contributed by atoms with van der Waals surface area (Å²) in [6.07, 6.45) is 0.329. The van der Waals surface area contributed by atoms with Crippen molar-refractivity contribution in [1.82, 2.24) is 0 Å². The second-order valence-electron chi connectivity index (χ2n) is 5.62. The number of benzene rings is 1. The van der Waals surface area contributed by atoms with Crippen LogP contribution < -0.4 is 4.74 Å². The van der Waals surface area contributed by atoms with Gasteiger partial charge in [-0.25, -0.2) is 0 Å².